The maximum Gasteiger partial charge on any atom is 0.243 e. The summed E-state index contributed by atoms with van der Waals surface area (Å²) in [6, 6.07) is 7.85. The molecule has 1 fully saturated rings. The molecule has 9 heteroatoms. The van der Waals surface area contributed by atoms with Gasteiger partial charge in [0.1, 0.15) is 29.0 Å². The molecular formula is C19H21N3O6. The maximum absolute atomic E-state index is 11.9. The minimum absolute atomic E-state index is 0.0229. The molecule has 0 unspecified atom stereocenters. The van der Waals surface area contributed by atoms with Crippen molar-refractivity contribution < 1.29 is 20.1 Å². The predicted octanol–water partition coefficient (Wildman–Crippen LogP) is 2.80. The van der Waals surface area contributed by atoms with Gasteiger partial charge in [0.05, 0.1) is 0 Å². The molecule has 1 aliphatic rings. The summed E-state index contributed by atoms with van der Waals surface area (Å²) < 4.78 is 0. The second-order valence-electron chi connectivity index (χ2n) is 7.59. The normalized spacial score (nSPS) is 26.5. The molecule has 3 rings (SSSR count). The number of phenolic OH excluding ortho intramolecular Hbond substituents is 2. The van der Waals surface area contributed by atoms with Gasteiger partial charge in [0.2, 0.25) is 12.1 Å². The Morgan fingerprint density at radius 3 is 1.39 bits per heavy atom. The lowest BCUT2D eigenvalue weighted by Crippen LogP contribution is -2.63. The molecule has 0 radical (unpaired) electrons. The van der Waals surface area contributed by atoms with Crippen molar-refractivity contribution in [3.63, 3.8) is 0 Å². The number of hydrogen-bond acceptors (Lipinski definition) is 7. The summed E-state index contributed by atoms with van der Waals surface area (Å²) in [5.74, 6) is 0.0458. The van der Waals surface area contributed by atoms with Gasteiger partial charge in [-0.2, -0.15) is 0 Å². The van der Waals surface area contributed by atoms with Crippen LogP contribution in [0.3, 0.4) is 0 Å². The molecule has 0 bridgehead atoms. The topological polar surface area (TPSA) is 139 Å². The van der Waals surface area contributed by atoms with Crippen molar-refractivity contribution in [1.82, 2.24) is 5.32 Å². The van der Waals surface area contributed by atoms with Crippen LogP contribution >= 0.6 is 0 Å². The number of hydrogen-bond donors (Lipinski definition) is 3. The third-order valence-corrected chi connectivity index (χ3v) is 5.47. The lowest BCUT2D eigenvalue weighted by atomic mass is 9.66. The highest BCUT2D eigenvalue weighted by molar-refractivity contribution is 5.33. The zero-order chi connectivity index (χ0) is 20.6. The lowest BCUT2D eigenvalue weighted by molar-refractivity contribution is -0.605. The quantitative estimate of drug-likeness (QED) is 0.541. The zero-order valence-electron chi connectivity index (χ0n) is 15.4. The van der Waals surface area contributed by atoms with Crippen LogP contribution in [0.5, 0.6) is 11.5 Å². The van der Waals surface area contributed by atoms with E-state index in [0.29, 0.717) is 11.1 Å². The fourth-order valence-corrected chi connectivity index (χ4v) is 4.12. The van der Waals surface area contributed by atoms with Crippen LogP contribution in [0, 0.1) is 25.6 Å². The fourth-order valence-electron chi connectivity index (χ4n) is 4.12. The van der Waals surface area contributed by atoms with E-state index in [4.69, 9.17) is 0 Å². The van der Waals surface area contributed by atoms with E-state index in [0.717, 1.165) is 0 Å². The molecule has 1 saturated heterocycles. The van der Waals surface area contributed by atoms with E-state index < -0.39 is 39.4 Å². The molecule has 0 aliphatic carbocycles. The zero-order valence-corrected chi connectivity index (χ0v) is 15.4. The van der Waals surface area contributed by atoms with Crippen LogP contribution < -0.4 is 5.32 Å². The van der Waals surface area contributed by atoms with Gasteiger partial charge in [-0.05, 0) is 49.2 Å². The van der Waals surface area contributed by atoms with Crippen molar-refractivity contribution in [2.75, 3.05) is 0 Å². The average Bonchev–Trinajstić information content (AvgIpc) is 2.60. The van der Waals surface area contributed by atoms with Crippen LogP contribution in [-0.4, -0.2) is 32.1 Å². The molecule has 2 aromatic rings. The number of phenols is 2. The summed E-state index contributed by atoms with van der Waals surface area (Å²) in [5, 5.41) is 46.0. The van der Waals surface area contributed by atoms with E-state index >= 15 is 0 Å². The van der Waals surface area contributed by atoms with Crippen molar-refractivity contribution in [3.05, 3.63) is 79.9 Å². The predicted molar refractivity (Wildman–Crippen MR) is 100 cm³/mol. The van der Waals surface area contributed by atoms with E-state index in [1.54, 1.807) is 24.3 Å². The first-order chi connectivity index (χ1) is 13.1. The number of aromatic hydroxyl groups is 2. The summed E-state index contributed by atoms with van der Waals surface area (Å²) in [7, 11) is 0. The van der Waals surface area contributed by atoms with Crippen LogP contribution in [0.2, 0.25) is 0 Å². The maximum atomic E-state index is 11.9. The van der Waals surface area contributed by atoms with Crippen molar-refractivity contribution in [1.29, 1.82) is 0 Å². The van der Waals surface area contributed by atoms with Crippen LogP contribution in [0.1, 0.15) is 37.1 Å². The molecule has 9 nitrogen and oxygen atoms in total. The average molecular weight is 387 g/mol. The van der Waals surface area contributed by atoms with Gasteiger partial charge < -0.3 is 10.2 Å². The van der Waals surface area contributed by atoms with Crippen molar-refractivity contribution in [2.45, 2.75) is 38.0 Å². The molecule has 0 saturated carbocycles. The Morgan fingerprint density at radius 2 is 1.11 bits per heavy atom. The molecule has 1 heterocycles. The summed E-state index contributed by atoms with van der Waals surface area (Å²) in [6.45, 7) is 3.07. The Bertz CT molecular complexity index is 810. The van der Waals surface area contributed by atoms with Crippen LogP contribution in [-0.2, 0) is 0 Å². The second kappa shape index (κ2) is 7.08. The highest BCUT2D eigenvalue weighted by Gasteiger charge is 2.62. The van der Waals surface area contributed by atoms with Crippen molar-refractivity contribution in [3.8, 4) is 11.5 Å². The Morgan fingerprint density at radius 1 is 0.786 bits per heavy atom. The van der Waals surface area contributed by atoms with E-state index in [1.807, 2.05) is 0 Å². The minimum atomic E-state index is -1.29. The number of nitrogens with zero attached hydrogens (tertiary/aromatic N) is 2. The Balaban J connectivity index is 2.14. The third-order valence-electron chi connectivity index (χ3n) is 5.47. The number of rotatable bonds is 4. The van der Waals surface area contributed by atoms with Crippen LogP contribution in [0.25, 0.3) is 0 Å². The monoisotopic (exact) mass is 387 g/mol. The molecule has 3 N–H and O–H groups in total. The Labute approximate surface area is 160 Å². The summed E-state index contributed by atoms with van der Waals surface area (Å²) in [6.07, 6.45) is 0. The molecule has 1 aliphatic heterocycles. The van der Waals surface area contributed by atoms with Gasteiger partial charge in [-0.1, -0.05) is 24.3 Å². The number of piperidine rings is 1. The summed E-state index contributed by atoms with van der Waals surface area (Å²) in [5.41, 5.74) is -0.181. The molecule has 2 aromatic carbocycles. The van der Waals surface area contributed by atoms with Gasteiger partial charge in [0, 0.05) is 9.85 Å². The van der Waals surface area contributed by atoms with E-state index in [2.05, 4.69) is 5.32 Å². The Hall–Kier alpha value is -3.20. The first kappa shape index (κ1) is 19.6. The third kappa shape index (κ3) is 3.36. The standard InChI is InChI=1S/C19H21N3O6/c1-19(2)17(21(25)26)15(11-3-7-13(23)8-4-11)20-16(18(19)22(27)28)12-5-9-14(24)10-6-12/h3-10,15-18,20,23-24H,1-2H3/t15-,16+,17-,18-/m0/s1. The summed E-state index contributed by atoms with van der Waals surface area (Å²) >= 11 is 0. The first-order valence-corrected chi connectivity index (χ1v) is 8.74. The van der Waals surface area contributed by atoms with E-state index in [9.17, 15) is 30.4 Å². The first-order valence-electron chi connectivity index (χ1n) is 8.74. The molecule has 0 amide bonds. The highest BCUT2D eigenvalue weighted by atomic mass is 16.6. The van der Waals surface area contributed by atoms with Gasteiger partial charge >= 0.3 is 0 Å². The van der Waals surface area contributed by atoms with Gasteiger partial charge in [-0.25, -0.2) is 0 Å². The fraction of sp³-hybridized carbons (Fsp3) is 0.368. The largest absolute Gasteiger partial charge is 0.508 e. The van der Waals surface area contributed by atoms with Gasteiger partial charge in [0.25, 0.3) is 0 Å². The van der Waals surface area contributed by atoms with Gasteiger partial charge in [-0.3, -0.25) is 25.5 Å². The van der Waals surface area contributed by atoms with Crippen molar-refractivity contribution >= 4 is 0 Å². The lowest BCUT2D eigenvalue weighted by Gasteiger charge is -2.44. The summed E-state index contributed by atoms with van der Waals surface area (Å²) in [4.78, 5) is 22.9. The van der Waals surface area contributed by atoms with Crippen LogP contribution in [0.15, 0.2) is 48.5 Å². The van der Waals surface area contributed by atoms with Gasteiger partial charge in [-0.15, -0.1) is 0 Å². The number of nitro groups is 2. The second-order valence-corrected chi connectivity index (χ2v) is 7.59. The smallest absolute Gasteiger partial charge is 0.243 e. The molecule has 148 valence electrons. The Kier molecular flexibility index (Phi) is 4.95. The van der Waals surface area contributed by atoms with Crippen LogP contribution in [0.4, 0.5) is 0 Å². The SMILES string of the molecule is CC1(C)[C@@H]([N+](=O)[O-])[C@@H](c2ccc(O)cc2)N[C@@H](c2ccc(O)cc2)[C@@H]1[N+](=O)[O-]. The molecule has 4 atom stereocenters. The van der Waals surface area contributed by atoms with Crippen molar-refractivity contribution in [2.24, 2.45) is 5.41 Å². The number of nitrogens with one attached hydrogen (secondary N) is 1. The minimum Gasteiger partial charge on any atom is -0.508 e. The van der Waals surface area contributed by atoms with E-state index in [1.165, 1.54) is 38.1 Å². The van der Waals surface area contributed by atoms with Gasteiger partial charge in [0.15, 0.2) is 0 Å². The molecule has 28 heavy (non-hydrogen) atoms. The molecule has 0 aromatic heterocycles. The number of benzene rings is 2. The highest BCUT2D eigenvalue weighted by Crippen LogP contribution is 2.47. The van der Waals surface area contributed by atoms with E-state index in [-0.39, 0.29) is 11.5 Å². The molecular weight excluding hydrogens is 366 g/mol. The molecule has 0 spiro atoms.